The van der Waals surface area contributed by atoms with E-state index in [0.717, 1.165) is 40.9 Å². The summed E-state index contributed by atoms with van der Waals surface area (Å²) in [5.41, 5.74) is 5.85. The molecule has 2 aliphatic rings. The quantitative estimate of drug-likeness (QED) is 0.442. The standard InChI is InChI=1S/C25H30N6O2/c32-13-17-8-9-30(12-22(17)33)23-11-19(24-25(29-23)27-14-26-24)16-6-7-21-20(10-16)28-15-31(21)18-4-2-1-3-5-18/h6-7,10-11,14-15,17-18,22,32-33H,1-5,8-9,12-13H2,(H,26,27,29)/t17?,22-/m0/s1. The van der Waals surface area contributed by atoms with Crippen LogP contribution in [0.1, 0.15) is 44.6 Å². The Hall–Kier alpha value is -2.97. The van der Waals surface area contributed by atoms with E-state index in [0.29, 0.717) is 18.2 Å². The zero-order valence-corrected chi connectivity index (χ0v) is 18.7. The van der Waals surface area contributed by atoms with Crippen LogP contribution < -0.4 is 4.90 Å². The predicted molar refractivity (Wildman–Crippen MR) is 128 cm³/mol. The molecule has 1 aliphatic heterocycles. The molecule has 0 bridgehead atoms. The number of H-pyrrole nitrogens is 1. The van der Waals surface area contributed by atoms with Crippen molar-refractivity contribution in [3.05, 3.63) is 36.9 Å². The third-order valence-corrected chi connectivity index (χ3v) is 7.52. The number of benzene rings is 1. The molecule has 2 fully saturated rings. The molecule has 172 valence electrons. The summed E-state index contributed by atoms with van der Waals surface area (Å²) in [5, 5.41) is 19.9. The number of rotatable bonds is 4. The minimum atomic E-state index is -0.566. The molecule has 3 aromatic heterocycles. The van der Waals surface area contributed by atoms with Gasteiger partial charge in [0.05, 0.1) is 35.3 Å². The molecule has 1 unspecified atom stereocenters. The first-order valence-corrected chi connectivity index (χ1v) is 12.1. The smallest absolute Gasteiger partial charge is 0.180 e. The Morgan fingerprint density at radius 3 is 2.76 bits per heavy atom. The van der Waals surface area contributed by atoms with Crippen molar-refractivity contribution in [3.8, 4) is 11.1 Å². The maximum absolute atomic E-state index is 10.4. The number of aromatic amines is 1. The zero-order chi connectivity index (χ0) is 22.4. The van der Waals surface area contributed by atoms with Gasteiger partial charge in [-0.15, -0.1) is 0 Å². The van der Waals surface area contributed by atoms with Crippen molar-refractivity contribution in [2.24, 2.45) is 5.92 Å². The lowest BCUT2D eigenvalue weighted by Gasteiger charge is -2.36. The van der Waals surface area contributed by atoms with E-state index in [1.54, 1.807) is 6.33 Å². The van der Waals surface area contributed by atoms with E-state index in [-0.39, 0.29) is 12.5 Å². The van der Waals surface area contributed by atoms with Crippen LogP contribution in [-0.4, -0.2) is 60.5 Å². The number of hydrogen-bond donors (Lipinski definition) is 3. The molecule has 1 saturated carbocycles. The first kappa shape index (κ1) is 20.6. The number of nitrogens with zero attached hydrogens (tertiary/aromatic N) is 5. The summed E-state index contributed by atoms with van der Waals surface area (Å²) in [5.74, 6) is 0.726. The highest BCUT2D eigenvalue weighted by atomic mass is 16.3. The van der Waals surface area contributed by atoms with Crippen LogP contribution in [0.15, 0.2) is 36.9 Å². The number of nitrogens with one attached hydrogen (secondary N) is 1. The molecule has 1 aromatic carbocycles. The Bertz CT molecular complexity index is 1270. The third-order valence-electron chi connectivity index (χ3n) is 7.52. The van der Waals surface area contributed by atoms with E-state index in [9.17, 15) is 10.2 Å². The van der Waals surface area contributed by atoms with Gasteiger partial charge in [-0.3, -0.25) is 0 Å². The minimum absolute atomic E-state index is 0.0135. The Morgan fingerprint density at radius 2 is 1.94 bits per heavy atom. The Morgan fingerprint density at radius 1 is 1.06 bits per heavy atom. The molecule has 4 aromatic rings. The fourth-order valence-corrected chi connectivity index (χ4v) is 5.55. The van der Waals surface area contributed by atoms with Crippen molar-refractivity contribution in [2.45, 2.75) is 50.7 Å². The fourth-order valence-electron chi connectivity index (χ4n) is 5.55. The van der Waals surface area contributed by atoms with Crippen molar-refractivity contribution >= 4 is 28.0 Å². The Balaban J connectivity index is 1.38. The summed E-state index contributed by atoms with van der Waals surface area (Å²) in [6.45, 7) is 1.22. The third kappa shape index (κ3) is 3.67. The summed E-state index contributed by atoms with van der Waals surface area (Å²) in [4.78, 5) is 19.2. The second-order valence-electron chi connectivity index (χ2n) is 9.52. The predicted octanol–water partition coefficient (Wildman–Crippen LogP) is 3.66. The molecule has 1 aliphatic carbocycles. The summed E-state index contributed by atoms with van der Waals surface area (Å²) in [6.07, 6.45) is 10.2. The first-order valence-electron chi connectivity index (χ1n) is 12.1. The Kier molecular flexibility index (Phi) is 5.27. The van der Waals surface area contributed by atoms with Crippen molar-refractivity contribution in [3.63, 3.8) is 0 Å². The maximum atomic E-state index is 10.4. The monoisotopic (exact) mass is 446 g/mol. The minimum Gasteiger partial charge on any atom is -0.396 e. The van der Waals surface area contributed by atoms with Crippen LogP contribution in [0.2, 0.25) is 0 Å². The highest BCUT2D eigenvalue weighted by Gasteiger charge is 2.28. The van der Waals surface area contributed by atoms with Crippen LogP contribution in [-0.2, 0) is 0 Å². The average molecular weight is 447 g/mol. The molecule has 0 spiro atoms. The molecule has 0 radical (unpaired) electrons. The van der Waals surface area contributed by atoms with Gasteiger partial charge in [-0.2, -0.15) is 0 Å². The lowest BCUT2D eigenvalue weighted by atomic mass is 9.94. The van der Waals surface area contributed by atoms with Crippen molar-refractivity contribution in [1.29, 1.82) is 0 Å². The fraction of sp³-hybridized carbons (Fsp3) is 0.480. The van der Waals surface area contributed by atoms with Gasteiger partial charge >= 0.3 is 0 Å². The van der Waals surface area contributed by atoms with Gasteiger partial charge in [0.25, 0.3) is 0 Å². The van der Waals surface area contributed by atoms with E-state index >= 15 is 0 Å². The second kappa shape index (κ2) is 8.43. The van der Waals surface area contributed by atoms with E-state index < -0.39 is 6.10 Å². The van der Waals surface area contributed by atoms with Crippen LogP contribution >= 0.6 is 0 Å². The molecular formula is C25H30N6O2. The summed E-state index contributed by atoms with van der Waals surface area (Å²) in [7, 11) is 0. The maximum Gasteiger partial charge on any atom is 0.180 e. The SMILES string of the molecule is OCC1CCN(c2cc(-c3ccc4c(c3)ncn4C3CCCCC3)c3[nH]cnc3n2)C[C@@H]1O. The van der Waals surface area contributed by atoms with Gasteiger partial charge in [0.15, 0.2) is 5.65 Å². The number of pyridine rings is 1. The van der Waals surface area contributed by atoms with Crippen LogP contribution in [0.3, 0.4) is 0 Å². The summed E-state index contributed by atoms with van der Waals surface area (Å²) in [6, 6.07) is 9.13. The van der Waals surface area contributed by atoms with Crippen LogP contribution in [0.25, 0.3) is 33.3 Å². The molecule has 0 amide bonds. The lowest BCUT2D eigenvalue weighted by molar-refractivity contribution is 0.0546. The topological polar surface area (TPSA) is 103 Å². The van der Waals surface area contributed by atoms with Gasteiger partial charge in [-0.1, -0.05) is 25.3 Å². The van der Waals surface area contributed by atoms with Gasteiger partial charge in [0.1, 0.15) is 5.82 Å². The normalized spacial score (nSPS) is 22.4. The van der Waals surface area contributed by atoms with Crippen molar-refractivity contribution in [1.82, 2.24) is 24.5 Å². The average Bonchev–Trinajstić information content (AvgIpc) is 3.50. The second-order valence-corrected chi connectivity index (χ2v) is 9.52. The van der Waals surface area contributed by atoms with Gasteiger partial charge in [0.2, 0.25) is 0 Å². The number of anilines is 1. The van der Waals surface area contributed by atoms with Crippen LogP contribution in [0.5, 0.6) is 0 Å². The number of hydrogen-bond acceptors (Lipinski definition) is 6. The number of fused-ring (bicyclic) bond motifs is 2. The summed E-state index contributed by atoms with van der Waals surface area (Å²) < 4.78 is 2.36. The number of aliphatic hydroxyl groups is 2. The number of β-amino-alcohol motifs (C(OH)–C–C–N with tert-alkyl or cyclic N) is 1. The summed E-state index contributed by atoms with van der Waals surface area (Å²) >= 11 is 0. The number of imidazole rings is 2. The van der Waals surface area contributed by atoms with Gasteiger partial charge in [-0.05, 0) is 43.0 Å². The first-order chi connectivity index (χ1) is 16.2. The van der Waals surface area contributed by atoms with Crippen LogP contribution in [0.4, 0.5) is 5.82 Å². The molecule has 6 rings (SSSR count). The number of aromatic nitrogens is 5. The highest BCUT2D eigenvalue weighted by molar-refractivity contribution is 5.94. The lowest BCUT2D eigenvalue weighted by Crippen LogP contribution is -2.45. The highest BCUT2D eigenvalue weighted by Crippen LogP contribution is 2.35. The van der Waals surface area contributed by atoms with E-state index in [1.165, 1.54) is 37.6 Å². The van der Waals surface area contributed by atoms with E-state index in [4.69, 9.17) is 9.97 Å². The number of aliphatic hydroxyl groups excluding tert-OH is 2. The zero-order valence-electron chi connectivity index (χ0n) is 18.7. The van der Waals surface area contributed by atoms with Crippen LogP contribution in [0, 0.1) is 5.92 Å². The Labute approximate surface area is 192 Å². The van der Waals surface area contributed by atoms with Gasteiger partial charge < -0.3 is 24.7 Å². The van der Waals surface area contributed by atoms with Crippen molar-refractivity contribution in [2.75, 3.05) is 24.6 Å². The van der Waals surface area contributed by atoms with Gasteiger partial charge in [0, 0.05) is 37.2 Å². The van der Waals surface area contributed by atoms with Crippen molar-refractivity contribution < 1.29 is 10.2 Å². The molecule has 3 N–H and O–H groups in total. The number of piperidine rings is 1. The van der Waals surface area contributed by atoms with E-state index in [2.05, 4.69) is 43.7 Å². The molecule has 2 atom stereocenters. The molecule has 8 nitrogen and oxygen atoms in total. The largest absolute Gasteiger partial charge is 0.396 e. The molecule has 8 heteroatoms. The molecule has 4 heterocycles. The molecule has 1 saturated heterocycles. The van der Waals surface area contributed by atoms with E-state index in [1.807, 2.05) is 6.33 Å². The molecular weight excluding hydrogens is 416 g/mol. The van der Waals surface area contributed by atoms with Gasteiger partial charge in [-0.25, -0.2) is 15.0 Å². The molecule has 33 heavy (non-hydrogen) atoms.